The first-order chi connectivity index (χ1) is 15.2. The molecule has 0 saturated carbocycles. The van der Waals surface area contributed by atoms with Crippen molar-refractivity contribution in [2.24, 2.45) is 0 Å². The molecule has 0 spiro atoms. The Morgan fingerprint density at radius 2 is 1.84 bits per heavy atom. The van der Waals surface area contributed by atoms with Crippen LogP contribution in [0.1, 0.15) is 46.1 Å². The van der Waals surface area contributed by atoms with Crippen molar-refractivity contribution in [2.75, 3.05) is 6.54 Å². The van der Waals surface area contributed by atoms with E-state index in [9.17, 15) is 4.79 Å². The summed E-state index contributed by atoms with van der Waals surface area (Å²) in [6.07, 6.45) is 6.07. The molecule has 0 radical (unpaired) electrons. The monoisotopic (exact) mass is 411 g/mol. The van der Waals surface area contributed by atoms with Gasteiger partial charge in [-0.3, -0.25) is 4.79 Å². The summed E-state index contributed by atoms with van der Waals surface area (Å²) in [6, 6.07) is 21.9. The zero-order valence-electron chi connectivity index (χ0n) is 17.6. The van der Waals surface area contributed by atoms with Crippen LogP contribution in [0.4, 0.5) is 0 Å². The number of ether oxygens (including phenoxy) is 1. The van der Waals surface area contributed by atoms with Crippen LogP contribution in [0, 0.1) is 6.92 Å². The summed E-state index contributed by atoms with van der Waals surface area (Å²) in [6.45, 7) is 3.24. The fraction of sp³-hybridized carbons (Fsp3) is 0.231. The minimum atomic E-state index is 0.0774. The van der Waals surface area contributed by atoms with Crippen LogP contribution in [0.5, 0.6) is 5.75 Å². The van der Waals surface area contributed by atoms with Crippen LogP contribution in [0.15, 0.2) is 79.1 Å². The molecular formula is C26H25N3O2. The van der Waals surface area contributed by atoms with Gasteiger partial charge in [-0.1, -0.05) is 36.4 Å². The van der Waals surface area contributed by atoms with E-state index in [1.807, 2.05) is 76.3 Å². The number of hydrogen-bond donors (Lipinski definition) is 0. The number of carbonyl (C=O) groups is 1. The second kappa shape index (κ2) is 8.26. The molecule has 31 heavy (non-hydrogen) atoms. The topological polar surface area (TPSA) is 46.8 Å². The normalized spacial score (nSPS) is 16.0. The number of hydrogen-bond acceptors (Lipinski definition) is 3. The third-order valence-corrected chi connectivity index (χ3v) is 5.83. The Morgan fingerprint density at radius 3 is 2.65 bits per heavy atom. The third kappa shape index (κ3) is 4.04. The summed E-state index contributed by atoms with van der Waals surface area (Å²) < 4.78 is 7.91. The molecule has 4 aromatic rings. The standard InChI is InChI=1S/C26H25N3O2/c1-19-9-14-25-27-22(17-28(25)16-19)18-31-23-12-10-21(11-13-23)26(30)29-15-5-8-24(29)20-6-3-2-4-7-20/h2-4,6-7,9-14,16-17,24H,5,8,15,18H2,1H3/t24-/m0/s1. The maximum Gasteiger partial charge on any atom is 0.254 e. The summed E-state index contributed by atoms with van der Waals surface area (Å²) in [5, 5.41) is 0. The fourth-order valence-corrected chi connectivity index (χ4v) is 4.27. The van der Waals surface area contributed by atoms with Gasteiger partial charge in [0.15, 0.2) is 0 Å². The van der Waals surface area contributed by atoms with Gasteiger partial charge in [-0.25, -0.2) is 4.98 Å². The van der Waals surface area contributed by atoms with Gasteiger partial charge in [-0.05, 0) is 61.2 Å². The number of rotatable bonds is 5. The van der Waals surface area contributed by atoms with Crippen molar-refractivity contribution >= 4 is 11.6 Å². The molecule has 2 aromatic carbocycles. The number of pyridine rings is 1. The van der Waals surface area contributed by atoms with Crippen molar-refractivity contribution in [1.29, 1.82) is 0 Å². The highest BCUT2D eigenvalue weighted by Crippen LogP contribution is 2.33. The first-order valence-corrected chi connectivity index (χ1v) is 10.7. The summed E-state index contributed by atoms with van der Waals surface area (Å²) >= 11 is 0. The molecular weight excluding hydrogens is 386 g/mol. The molecule has 0 aliphatic carbocycles. The predicted octanol–water partition coefficient (Wildman–Crippen LogP) is 5.20. The first kappa shape index (κ1) is 19.4. The SMILES string of the molecule is Cc1ccc2nc(COc3ccc(C(=O)N4CCC[C@H]4c4ccccc4)cc3)cn2c1. The number of amides is 1. The lowest BCUT2D eigenvalue weighted by Crippen LogP contribution is -2.30. The highest BCUT2D eigenvalue weighted by Gasteiger charge is 2.30. The molecule has 5 nitrogen and oxygen atoms in total. The van der Waals surface area contributed by atoms with Gasteiger partial charge in [0.1, 0.15) is 18.0 Å². The molecule has 0 bridgehead atoms. The van der Waals surface area contributed by atoms with E-state index in [0.29, 0.717) is 12.2 Å². The molecule has 0 unspecified atom stereocenters. The van der Waals surface area contributed by atoms with E-state index in [0.717, 1.165) is 36.5 Å². The highest BCUT2D eigenvalue weighted by molar-refractivity contribution is 5.94. The minimum Gasteiger partial charge on any atom is -0.487 e. The van der Waals surface area contributed by atoms with E-state index in [-0.39, 0.29) is 11.9 Å². The second-order valence-corrected chi connectivity index (χ2v) is 8.08. The number of fused-ring (bicyclic) bond motifs is 1. The van der Waals surface area contributed by atoms with Crippen molar-refractivity contribution in [3.05, 3.63) is 102 Å². The molecule has 5 rings (SSSR count). The van der Waals surface area contributed by atoms with Crippen LogP contribution in [0.25, 0.3) is 5.65 Å². The van der Waals surface area contributed by atoms with Gasteiger partial charge < -0.3 is 14.0 Å². The summed E-state index contributed by atoms with van der Waals surface area (Å²) in [4.78, 5) is 19.7. The van der Waals surface area contributed by atoms with Gasteiger partial charge in [0.2, 0.25) is 0 Å². The van der Waals surface area contributed by atoms with Crippen LogP contribution in [0.2, 0.25) is 0 Å². The Labute approximate surface area is 181 Å². The van der Waals surface area contributed by atoms with Crippen molar-refractivity contribution in [3.8, 4) is 5.75 Å². The largest absolute Gasteiger partial charge is 0.487 e. The smallest absolute Gasteiger partial charge is 0.254 e. The van der Waals surface area contributed by atoms with Gasteiger partial charge in [0, 0.05) is 24.5 Å². The average molecular weight is 412 g/mol. The van der Waals surface area contributed by atoms with Crippen molar-refractivity contribution in [1.82, 2.24) is 14.3 Å². The molecule has 1 aliphatic heterocycles. The Kier molecular flexibility index (Phi) is 5.16. The highest BCUT2D eigenvalue weighted by atomic mass is 16.5. The number of benzene rings is 2. The maximum atomic E-state index is 13.1. The molecule has 1 fully saturated rings. The van der Waals surface area contributed by atoms with E-state index < -0.39 is 0 Å². The molecule has 156 valence electrons. The van der Waals surface area contributed by atoms with Crippen LogP contribution < -0.4 is 4.74 Å². The second-order valence-electron chi connectivity index (χ2n) is 8.08. The van der Waals surface area contributed by atoms with E-state index in [1.54, 1.807) is 0 Å². The van der Waals surface area contributed by atoms with Crippen LogP contribution >= 0.6 is 0 Å². The Morgan fingerprint density at radius 1 is 1.03 bits per heavy atom. The van der Waals surface area contributed by atoms with Gasteiger partial charge in [-0.15, -0.1) is 0 Å². The summed E-state index contributed by atoms with van der Waals surface area (Å²) in [7, 11) is 0. The zero-order chi connectivity index (χ0) is 21.2. The molecule has 2 aromatic heterocycles. The van der Waals surface area contributed by atoms with Gasteiger partial charge in [0.05, 0.1) is 11.7 Å². The lowest BCUT2D eigenvalue weighted by Gasteiger charge is -2.25. The quantitative estimate of drug-likeness (QED) is 0.454. The van der Waals surface area contributed by atoms with Crippen molar-refractivity contribution < 1.29 is 9.53 Å². The third-order valence-electron chi connectivity index (χ3n) is 5.83. The summed E-state index contributed by atoms with van der Waals surface area (Å²) in [5.74, 6) is 0.805. The van der Waals surface area contributed by atoms with Crippen molar-refractivity contribution in [3.63, 3.8) is 0 Å². The number of carbonyl (C=O) groups excluding carboxylic acids is 1. The number of aromatic nitrogens is 2. The Balaban J connectivity index is 1.25. The minimum absolute atomic E-state index is 0.0774. The van der Waals surface area contributed by atoms with Crippen molar-refractivity contribution in [2.45, 2.75) is 32.4 Å². The Hall–Kier alpha value is -3.60. The van der Waals surface area contributed by atoms with Gasteiger partial charge >= 0.3 is 0 Å². The predicted molar refractivity (Wildman–Crippen MR) is 120 cm³/mol. The lowest BCUT2D eigenvalue weighted by atomic mass is 10.0. The Bertz CT molecular complexity index is 1200. The number of nitrogens with zero attached hydrogens (tertiary/aromatic N) is 3. The molecule has 5 heteroatoms. The zero-order valence-corrected chi connectivity index (χ0v) is 17.6. The number of likely N-dealkylation sites (tertiary alicyclic amines) is 1. The fourth-order valence-electron chi connectivity index (χ4n) is 4.27. The maximum absolute atomic E-state index is 13.1. The lowest BCUT2D eigenvalue weighted by molar-refractivity contribution is 0.0735. The molecule has 1 saturated heterocycles. The van der Waals surface area contributed by atoms with E-state index in [2.05, 4.69) is 24.0 Å². The van der Waals surface area contributed by atoms with Gasteiger partial charge in [-0.2, -0.15) is 0 Å². The van der Waals surface area contributed by atoms with E-state index in [1.165, 1.54) is 11.1 Å². The number of imidazole rings is 1. The van der Waals surface area contributed by atoms with Crippen LogP contribution in [-0.4, -0.2) is 26.7 Å². The van der Waals surface area contributed by atoms with Crippen LogP contribution in [-0.2, 0) is 6.61 Å². The van der Waals surface area contributed by atoms with Gasteiger partial charge in [0.25, 0.3) is 5.91 Å². The van der Waals surface area contributed by atoms with Crippen LogP contribution in [0.3, 0.4) is 0 Å². The number of aryl methyl sites for hydroxylation is 1. The van der Waals surface area contributed by atoms with E-state index >= 15 is 0 Å². The molecule has 1 atom stereocenters. The molecule has 3 heterocycles. The average Bonchev–Trinajstić information content (AvgIpc) is 3.45. The summed E-state index contributed by atoms with van der Waals surface area (Å²) in [5.41, 5.74) is 4.86. The first-order valence-electron chi connectivity index (χ1n) is 10.7. The molecule has 0 N–H and O–H groups in total. The molecule has 1 amide bonds. The molecule has 1 aliphatic rings. The van der Waals surface area contributed by atoms with E-state index in [4.69, 9.17) is 4.74 Å².